The number of benzene rings is 3. The quantitative estimate of drug-likeness (QED) is 0.177. The standard InChI is InChI=1S/C32H25ClN2O7S/c1-4-40-24-14-19(10-12-23(24)41-16-18-8-6-5-7-9-18)26-25-27(36)21-15-20(33)11-13-22(21)42-28(25)30(37)35(26)32-34-17(2)29(43-32)31(38)39-3/h5-15,26H,4,16H2,1-3H3. The summed E-state index contributed by atoms with van der Waals surface area (Å²) in [5.41, 5.74) is 1.90. The van der Waals surface area contributed by atoms with Gasteiger partial charge in [-0.3, -0.25) is 14.5 Å². The number of rotatable bonds is 8. The summed E-state index contributed by atoms with van der Waals surface area (Å²) in [5, 5.41) is 0.807. The summed E-state index contributed by atoms with van der Waals surface area (Å²) in [6.45, 7) is 4.18. The molecule has 1 aliphatic rings. The molecule has 9 nitrogen and oxygen atoms in total. The zero-order valence-electron chi connectivity index (χ0n) is 23.4. The smallest absolute Gasteiger partial charge is 0.350 e. The molecule has 218 valence electrons. The Morgan fingerprint density at radius 3 is 2.58 bits per heavy atom. The van der Waals surface area contributed by atoms with Gasteiger partial charge >= 0.3 is 5.97 Å². The molecule has 2 aromatic heterocycles. The summed E-state index contributed by atoms with van der Waals surface area (Å²) in [5.74, 6) is -0.312. The van der Waals surface area contributed by atoms with Crippen LogP contribution in [0.4, 0.5) is 5.13 Å². The third-order valence-corrected chi connectivity index (χ3v) is 8.39. The number of nitrogens with zero attached hydrogens (tertiary/aromatic N) is 2. The van der Waals surface area contributed by atoms with Gasteiger partial charge in [-0.15, -0.1) is 0 Å². The van der Waals surface area contributed by atoms with Crippen LogP contribution >= 0.6 is 22.9 Å². The van der Waals surface area contributed by atoms with Crippen molar-refractivity contribution < 1.29 is 28.2 Å². The van der Waals surface area contributed by atoms with Crippen LogP contribution in [0.2, 0.25) is 5.02 Å². The van der Waals surface area contributed by atoms with Crippen LogP contribution in [0.15, 0.2) is 75.9 Å². The van der Waals surface area contributed by atoms with Crippen molar-refractivity contribution in [2.45, 2.75) is 26.5 Å². The average molecular weight is 617 g/mol. The highest BCUT2D eigenvalue weighted by atomic mass is 35.5. The number of fused-ring (bicyclic) bond motifs is 2. The van der Waals surface area contributed by atoms with Gasteiger partial charge in [0.25, 0.3) is 5.91 Å². The molecular weight excluding hydrogens is 592 g/mol. The van der Waals surface area contributed by atoms with Gasteiger partial charge < -0.3 is 18.6 Å². The van der Waals surface area contributed by atoms with E-state index in [0.29, 0.717) is 41.0 Å². The number of anilines is 1. The lowest BCUT2D eigenvalue weighted by molar-refractivity contribution is 0.0605. The maximum absolute atomic E-state index is 14.0. The van der Waals surface area contributed by atoms with Crippen LogP contribution in [-0.2, 0) is 11.3 Å². The number of methoxy groups -OCH3 is 1. The number of hydrogen-bond donors (Lipinski definition) is 0. The van der Waals surface area contributed by atoms with Crippen LogP contribution in [0.1, 0.15) is 55.6 Å². The summed E-state index contributed by atoms with van der Waals surface area (Å²) in [6.07, 6.45) is 0. The van der Waals surface area contributed by atoms with Crippen LogP contribution in [-0.4, -0.2) is 30.6 Å². The number of esters is 1. The van der Waals surface area contributed by atoms with Crippen molar-refractivity contribution in [3.05, 3.63) is 115 Å². The fourth-order valence-corrected chi connectivity index (χ4v) is 6.23. The molecule has 1 atom stereocenters. The molecule has 0 aliphatic carbocycles. The molecule has 1 amide bonds. The molecule has 0 spiro atoms. The Balaban J connectivity index is 1.51. The lowest BCUT2D eigenvalue weighted by Crippen LogP contribution is -2.29. The van der Waals surface area contributed by atoms with Crippen LogP contribution in [0, 0.1) is 6.92 Å². The van der Waals surface area contributed by atoms with E-state index in [1.54, 1.807) is 37.3 Å². The van der Waals surface area contributed by atoms with E-state index in [1.807, 2.05) is 37.3 Å². The van der Waals surface area contributed by atoms with Crippen molar-refractivity contribution in [1.29, 1.82) is 0 Å². The Bertz CT molecular complexity index is 1940. The topological polar surface area (TPSA) is 108 Å². The fraction of sp³-hybridized carbons (Fsp3) is 0.188. The highest BCUT2D eigenvalue weighted by Crippen LogP contribution is 2.45. The Morgan fingerprint density at radius 1 is 1.05 bits per heavy atom. The zero-order chi connectivity index (χ0) is 30.2. The van der Waals surface area contributed by atoms with E-state index in [1.165, 1.54) is 18.1 Å². The maximum Gasteiger partial charge on any atom is 0.350 e. The molecule has 0 saturated heterocycles. The first-order valence-electron chi connectivity index (χ1n) is 13.4. The van der Waals surface area contributed by atoms with E-state index in [9.17, 15) is 14.4 Å². The molecule has 0 N–H and O–H groups in total. The molecule has 11 heteroatoms. The van der Waals surface area contributed by atoms with Crippen molar-refractivity contribution in [2.24, 2.45) is 0 Å². The van der Waals surface area contributed by atoms with Gasteiger partial charge in [0.1, 0.15) is 17.1 Å². The van der Waals surface area contributed by atoms with Crippen molar-refractivity contribution in [1.82, 2.24) is 4.98 Å². The van der Waals surface area contributed by atoms with Crippen LogP contribution in [0.5, 0.6) is 11.5 Å². The van der Waals surface area contributed by atoms with Gasteiger partial charge in [-0.25, -0.2) is 9.78 Å². The third-order valence-electron chi connectivity index (χ3n) is 7.01. The van der Waals surface area contributed by atoms with Crippen LogP contribution in [0.25, 0.3) is 11.0 Å². The molecule has 1 aliphatic heterocycles. The molecule has 5 aromatic rings. The van der Waals surface area contributed by atoms with Gasteiger partial charge in [0.2, 0.25) is 5.76 Å². The average Bonchev–Trinajstić information content (AvgIpc) is 3.54. The second kappa shape index (κ2) is 11.5. The molecule has 0 saturated carbocycles. The van der Waals surface area contributed by atoms with Crippen molar-refractivity contribution >= 4 is 50.9 Å². The molecule has 0 fully saturated rings. The molecule has 1 unspecified atom stereocenters. The predicted molar refractivity (Wildman–Crippen MR) is 163 cm³/mol. The van der Waals surface area contributed by atoms with Gasteiger partial charge in [-0.2, -0.15) is 0 Å². The van der Waals surface area contributed by atoms with Crippen molar-refractivity contribution in [3.8, 4) is 11.5 Å². The Hall–Kier alpha value is -4.67. The van der Waals surface area contributed by atoms with E-state index >= 15 is 0 Å². The first-order chi connectivity index (χ1) is 20.8. The monoisotopic (exact) mass is 616 g/mol. The summed E-state index contributed by atoms with van der Waals surface area (Å²) >= 11 is 7.22. The number of aryl methyl sites for hydroxylation is 1. The normalized spacial score (nSPS) is 14.2. The summed E-state index contributed by atoms with van der Waals surface area (Å²) in [6, 6.07) is 18.7. The summed E-state index contributed by atoms with van der Waals surface area (Å²) < 4.78 is 23.0. The number of amides is 1. The SMILES string of the molecule is CCOc1cc(C2c3c(oc4ccc(Cl)cc4c3=O)C(=O)N2c2nc(C)c(C(=O)OC)s2)ccc1OCc1ccccc1. The number of ether oxygens (including phenoxy) is 3. The Morgan fingerprint density at radius 2 is 1.84 bits per heavy atom. The minimum Gasteiger partial charge on any atom is -0.490 e. The molecule has 3 heterocycles. The second-order valence-electron chi connectivity index (χ2n) is 9.71. The number of carbonyl (C=O) groups is 2. The highest BCUT2D eigenvalue weighted by molar-refractivity contribution is 7.17. The summed E-state index contributed by atoms with van der Waals surface area (Å²) in [7, 11) is 1.27. The molecular formula is C32H25ClN2O7S. The third kappa shape index (κ3) is 5.13. The lowest BCUT2D eigenvalue weighted by atomic mass is 9.98. The number of carbonyl (C=O) groups excluding carboxylic acids is 2. The van der Waals surface area contributed by atoms with Crippen LogP contribution in [0.3, 0.4) is 0 Å². The highest BCUT2D eigenvalue weighted by Gasteiger charge is 2.45. The number of thiazole rings is 1. The minimum atomic E-state index is -0.944. The van der Waals surface area contributed by atoms with Gasteiger partial charge in [-0.05, 0) is 55.3 Å². The molecule has 3 aromatic carbocycles. The van der Waals surface area contributed by atoms with E-state index in [-0.39, 0.29) is 32.3 Å². The molecule has 43 heavy (non-hydrogen) atoms. The van der Waals surface area contributed by atoms with Gasteiger partial charge in [0, 0.05) is 5.02 Å². The minimum absolute atomic E-state index is 0.111. The van der Waals surface area contributed by atoms with Gasteiger partial charge in [0.05, 0.1) is 36.4 Å². The first-order valence-corrected chi connectivity index (χ1v) is 14.6. The molecule has 6 rings (SSSR count). The maximum atomic E-state index is 14.0. The Labute approximate surface area is 255 Å². The Kier molecular flexibility index (Phi) is 7.64. The van der Waals surface area contributed by atoms with E-state index in [0.717, 1.165) is 16.9 Å². The zero-order valence-corrected chi connectivity index (χ0v) is 25.0. The summed E-state index contributed by atoms with van der Waals surface area (Å²) in [4.78, 5) is 46.6. The molecule has 0 radical (unpaired) electrons. The number of aromatic nitrogens is 1. The van der Waals surface area contributed by atoms with E-state index < -0.39 is 23.3 Å². The fourth-order valence-electron chi connectivity index (χ4n) is 5.04. The number of halogens is 1. The number of hydrogen-bond acceptors (Lipinski definition) is 9. The second-order valence-corrected chi connectivity index (χ2v) is 11.1. The van der Waals surface area contributed by atoms with Crippen molar-refractivity contribution in [2.75, 3.05) is 18.6 Å². The van der Waals surface area contributed by atoms with Gasteiger partial charge in [-0.1, -0.05) is 59.3 Å². The van der Waals surface area contributed by atoms with Crippen LogP contribution < -0.4 is 19.8 Å². The van der Waals surface area contributed by atoms with E-state index in [4.69, 9.17) is 30.2 Å². The van der Waals surface area contributed by atoms with Crippen molar-refractivity contribution in [3.63, 3.8) is 0 Å². The molecule has 0 bridgehead atoms. The first kappa shape index (κ1) is 28.4. The largest absolute Gasteiger partial charge is 0.490 e. The predicted octanol–water partition coefficient (Wildman–Crippen LogP) is 6.73. The lowest BCUT2D eigenvalue weighted by Gasteiger charge is -2.23. The van der Waals surface area contributed by atoms with E-state index in [2.05, 4.69) is 4.98 Å². The van der Waals surface area contributed by atoms with Gasteiger partial charge in [0.15, 0.2) is 22.1 Å².